The van der Waals surface area contributed by atoms with Gasteiger partial charge in [0.2, 0.25) is 0 Å². The van der Waals surface area contributed by atoms with Gasteiger partial charge in [-0.25, -0.2) is 9.59 Å². The Morgan fingerprint density at radius 3 is 2.34 bits per heavy atom. The highest BCUT2D eigenvalue weighted by molar-refractivity contribution is 6.33. The molecule has 0 aliphatic carbocycles. The lowest BCUT2D eigenvalue weighted by Crippen LogP contribution is -2.52. The van der Waals surface area contributed by atoms with E-state index in [-0.39, 0.29) is 60.1 Å². The first-order chi connectivity index (χ1) is 25.3. The minimum atomic E-state index is -4.79. The van der Waals surface area contributed by atoms with Crippen LogP contribution in [-0.4, -0.2) is 114 Å². The van der Waals surface area contributed by atoms with Crippen molar-refractivity contribution in [3.63, 3.8) is 0 Å². The number of halogens is 4. The molecule has 16 heteroatoms. The van der Waals surface area contributed by atoms with Crippen LogP contribution in [-0.2, 0) is 38.1 Å². The van der Waals surface area contributed by atoms with E-state index >= 15 is 0 Å². The molecule has 2 atom stereocenters. The Morgan fingerprint density at radius 1 is 0.962 bits per heavy atom. The molecule has 4 amide bonds. The molecule has 2 aromatic carbocycles. The molecule has 6 rings (SSSR count). The van der Waals surface area contributed by atoms with Gasteiger partial charge < -0.3 is 35.2 Å². The number of urea groups is 1. The third-order valence-electron chi connectivity index (χ3n) is 10.9. The molecule has 0 spiro atoms. The number of anilines is 2. The summed E-state index contributed by atoms with van der Waals surface area (Å²) >= 11 is 6.11. The zero-order chi connectivity index (χ0) is 37.9. The van der Waals surface area contributed by atoms with E-state index in [9.17, 15) is 32.3 Å². The molecule has 0 aromatic heterocycles. The molecule has 53 heavy (non-hydrogen) atoms. The smallest absolute Gasteiger partial charge is 0.418 e. The number of hydrogen-bond donors (Lipinski definition) is 2. The molecule has 4 aliphatic heterocycles. The standard InChI is InChI=1S/C37H46ClF3N6O6/c1-2-52-34(49)25-7-13-46(22-25)26-9-14-44(15-10-26)33(48)31(21-23-19-28(37(39,40)41)32(42)29(38)20-23)53-36(51)45-16-11-27(12-17-45)47-18-8-24-5-3-4-6-30(24)43-35(47)50/h3-6,19-20,25-27,31H,2,7-18,21-22,42H2,1H3,(H,43,50)/t25-,31+/m0/s1. The molecular formula is C37H46ClF3N6O6. The van der Waals surface area contributed by atoms with Gasteiger partial charge in [0.15, 0.2) is 6.10 Å². The molecule has 0 radical (unpaired) electrons. The Bertz CT molecular complexity index is 1680. The fourth-order valence-corrected chi connectivity index (χ4v) is 8.18. The van der Waals surface area contributed by atoms with Crippen LogP contribution in [0.3, 0.4) is 0 Å². The van der Waals surface area contributed by atoms with E-state index in [0.717, 1.165) is 23.9 Å². The summed E-state index contributed by atoms with van der Waals surface area (Å²) in [5.74, 6) is -0.901. The van der Waals surface area contributed by atoms with Crippen LogP contribution < -0.4 is 11.1 Å². The Kier molecular flexibility index (Phi) is 11.9. The van der Waals surface area contributed by atoms with Crippen molar-refractivity contribution in [1.29, 1.82) is 0 Å². The van der Waals surface area contributed by atoms with Crippen molar-refractivity contribution in [2.24, 2.45) is 5.92 Å². The molecule has 3 saturated heterocycles. The molecule has 3 fully saturated rings. The number of esters is 1. The van der Waals surface area contributed by atoms with Crippen molar-refractivity contribution < 1.29 is 41.8 Å². The first-order valence-corrected chi connectivity index (χ1v) is 18.7. The van der Waals surface area contributed by atoms with Gasteiger partial charge in [-0.15, -0.1) is 0 Å². The van der Waals surface area contributed by atoms with Crippen LogP contribution in [0.4, 0.5) is 34.1 Å². The second kappa shape index (κ2) is 16.4. The van der Waals surface area contributed by atoms with Crippen molar-refractivity contribution >= 4 is 47.0 Å². The van der Waals surface area contributed by atoms with Crippen molar-refractivity contribution in [2.45, 2.75) is 76.2 Å². The summed E-state index contributed by atoms with van der Waals surface area (Å²) in [6.07, 6.45) is -3.70. The largest absolute Gasteiger partial charge is 0.466 e. The highest BCUT2D eigenvalue weighted by atomic mass is 35.5. The average molecular weight is 763 g/mol. The Morgan fingerprint density at radius 2 is 1.64 bits per heavy atom. The van der Waals surface area contributed by atoms with Crippen LogP contribution in [0.25, 0.3) is 0 Å². The lowest BCUT2D eigenvalue weighted by Gasteiger charge is -2.39. The fourth-order valence-electron chi connectivity index (χ4n) is 7.94. The predicted molar refractivity (Wildman–Crippen MR) is 191 cm³/mol. The minimum Gasteiger partial charge on any atom is -0.466 e. The van der Waals surface area contributed by atoms with Crippen molar-refractivity contribution in [1.82, 2.24) is 19.6 Å². The number of carbonyl (C=O) groups excluding carboxylic acids is 4. The van der Waals surface area contributed by atoms with Crippen LogP contribution in [0, 0.1) is 5.92 Å². The summed E-state index contributed by atoms with van der Waals surface area (Å²) < 4.78 is 52.6. The highest BCUT2D eigenvalue weighted by Crippen LogP contribution is 2.38. The van der Waals surface area contributed by atoms with Gasteiger partial charge in [-0.2, -0.15) is 13.2 Å². The van der Waals surface area contributed by atoms with Crippen molar-refractivity contribution in [3.8, 4) is 0 Å². The molecule has 0 saturated carbocycles. The van der Waals surface area contributed by atoms with Gasteiger partial charge in [-0.1, -0.05) is 29.8 Å². The third kappa shape index (κ3) is 8.94. The van der Waals surface area contributed by atoms with Gasteiger partial charge in [0, 0.05) is 63.5 Å². The van der Waals surface area contributed by atoms with Crippen LogP contribution in [0.5, 0.6) is 0 Å². The van der Waals surface area contributed by atoms with E-state index in [0.29, 0.717) is 71.3 Å². The van der Waals surface area contributed by atoms with Crippen molar-refractivity contribution in [2.75, 3.05) is 63.5 Å². The number of para-hydroxylation sites is 1. The van der Waals surface area contributed by atoms with Crippen LogP contribution in [0.1, 0.15) is 55.7 Å². The number of ether oxygens (including phenoxy) is 2. The summed E-state index contributed by atoms with van der Waals surface area (Å²) in [6.45, 7) is 5.19. The van der Waals surface area contributed by atoms with Gasteiger partial charge in [0.25, 0.3) is 5.91 Å². The molecule has 0 bridgehead atoms. The minimum absolute atomic E-state index is 0.0477. The topological polar surface area (TPSA) is 138 Å². The van der Waals surface area contributed by atoms with E-state index in [1.807, 2.05) is 24.3 Å². The normalized spacial score (nSPS) is 21.1. The first-order valence-electron chi connectivity index (χ1n) is 18.3. The van der Waals surface area contributed by atoms with Gasteiger partial charge >= 0.3 is 24.3 Å². The molecule has 2 aromatic rings. The zero-order valence-electron chi connectivity index (χ0n) is 29.7. The number of fused-ring (bicyclic) bond motifs is 1. The SMILES string of the molecule is CCOC(=O)[C@H]1CCN(C2CCN(C(=O)[C@@H](Cc3cc(Cl)c(N)c(C(F)(F)F)c3)OC(=O)N3CCC(N4CCc5ccccc5NC4=O)CC3)CC2)C1. The maximum absolute atomic E-state index is 14.0. The molecular weight excluding hydrogens is 717 g/mol. The van der Waals surface area contributed by atoms with Gasteiger partial charge in [0.05, 0.1) is 28.8 Å². The molecule has 4 heterocycles. The van der Waals surface area contributed by atoms with Gasteiger partial charge in [-0.3, -0.25) is 14.5 Å². The number of nitrogens with one attached hydrogen (secondary N) is 1. The monoisotopic (exact) mass is 762 g/mol. The number of rotatable bonds is 8. The molecule has 0 unspecified atom stereocenters. The second-order valence-electron chi connectivity index (χ2n) is 14.2. The number of nitrogens with zero attached hydrogens (tertiary/aromatic N) is 4. The predicted octanol–water partition coefficient (Wildman–Crippen LogP) is 5.42. The summed E-state index contributed by atoms with van der Waals surface area (Å²) in [6, 6.07) is 9.58. The van der Waals surface area contributed by atoms with Crippen molar-refractivity contribution in [3.05, 3.63) is 58.1 Å². The highest BCUT2D eigenvalue weighted by Gasteiger charge is 2.39. The van der Waals surface area contributed by atoms with E-state index in [1.54, 1.807) is 16.7 Å². The first kappa shape index (κ1) is 38.5. The van der Waals surface area contributed by atoms with Crippen LogP contribution in [0.2, 0.25) is 5.02 Å². The summed E-state index contributed by atoms with van der Waals surface area (Å²) in [4.78, 5) is 60.1. The average Bonchev–Trinajstić information content (AvgIpc) is 3.57. The van der Waals surface area contributed by atoms with Gasteiger partial charge in [-0.05, 0) is 81.3 Å². The lowest BCUT2D eigenvalue weighted by molar-refractivity contribution is -0.147. The van der Waals surface area contributed by atoms with E-state index in [1.165, 1.54) is 11.0 Å². The second-order valence-corrected chi connectivity index (χ2v) is 14.6. The third-order valence-corrected chi connectivity index (χ3v) is 11.2. The quantitative estimate of drug-likeness (QED) is 0.269. The Hall–Kier alpha value is -4.24. The Labute approximate surface area is 311 Å². The Balaban J connectivity index is 1.11. The maximum atomic E-state index is 14.0. The zero-order valence-corrected chi connectivity index (χ0v) is 30.5. The van der Waals surface area contributed by atoms with Gasteiger partial charge in [0.1, 0.15) is 0 Å². The number of benzene rings is 2. The summed E-state index contributed by atoms with van der Waals surface area (Å²) in [5.41, 5.74) is 5.78. The number of nitrogens with two attached hydrogens (primary N) is 1. The number of piperidine rings is 2. The number of carbonyl (C=O) groups is 4. The molecule has 12 nitrogen and oxygen atoms in total. The lowest BCUT2D eigenvalue weighted by atomic mass is 10.00. The summed E-state index contributed by atoms with van der Waals surface area (Å²) in [5, 5.41) is 2.66. The van der Waals surface area contributed by atoms with E-state index in [2.05, 4.69) is 10.2 Å². The number of likely N-dealkylation sites (tertiary alicyclic amines) is 3. The van der Waals surface area contributed by atoms with Crippen LogP contribution >= 0.6 is 11.6 Å². The number of amides is 4. The summed E-state index contributed by atoms with van der Waals surface area (Å²) in [7, 11) is 0. The number of alkyl halides is 3. The molecule has 288 valence electrons. The number of nitrogen functional groups attached to an aromatic ring is 1. The van der Waals surface area contributed by atoms with E-state index in [4.69, 9.17) is 26.8 Å². The fraction of sp³-hybridized carbons (Fsp3) is 0.568. The molecule has 3 N–H and O–H groups in total. The van der Waals surface area contributed by atoms with Crippen LogP contribution in [0.15, 0.2) is 36.4 Å². The number of hydrogen-bond acceptors (Lipinski definition) is 8. The molecule has 4 aliphatic rings. The maximum Gasteiger partial charge on any atom is 0.418 e. The van der Waals surface area contributed by atoms with E-state index < -0.39 is 35.5 Å².